The molecule has 4 heterocycles. The van der Waals surface area contributed by atoms with Crippen LogP contribution in [0.3, 0.4) is 0 Å². The van der Waals surface area contributed by atoms with Crippen LogP contribution in [0.2, 0.25) is 0 Å². The second-order valence-corrected chi connectivity index (χ2v) is 11.2. The first kappa shape index (κ1) is 22.1. The van der Waals surface area contributed by atoms with Crippen LogP contribution in [0.1, 0.15) is 55.4 Å². The van der Waals surface area contributed by atoms with E-state index in [2.05, 4.69) is 30.3 Å². The van der Waals surface area contributed by atoms with E-state index >= 15 is 0 Å². The summed E-state index contributed by atoms with van der Waals surface area (Å²) >= 11 is 1.48. The molecule has 32 heavy (non-hydrogen) atoms. The summed E-state index contributed by atoms with van der Waals surface area (Å²) in [5.74, 6) is 0.00568. The Morgan fingerprint density at radius 1 is 1.03 bits per heavy atom. The first-order valence-corrected chi connectivity index (χ1v) is 13.3. The first-order valence-electron chi connectivity index (χ1n) is 12.5. The zero-order valence-corrected chi connectivity index (χ0v) is 19.8. The van der Waals surface area contributed by atoms with Crippen molar-refractivity contribution in [2.45, 2.75) is 63.1 Å². The van der Waals surface area contributed by atoms with Crippen molar-refractivity contribution in [1.29, 1.82) is 0 Å². The number of carbonyl (C=O) groups excluding carboxylic acids is 1. The summed E-state index contributed by atoms with van der Waals surface area (Å²) in [6.07, 6.45) is 8.38. The third kappa shape index (κ3) is 4.27. The lowest BCUT2D eigenvalue weighted by Crippen LogP contribution is -2.65. The van der Waals surface area contributed by atoms with Crippen LogP contribution in [0.15, 0.2) is 47.8 Å². The number of nitrogens with zero attached hydrogens (tertiary/aromatic N) is 1. The molecule has 0 unspecified atom stereocenters. The summed E-state index contributed by atoms with van der Waals surface area (Å²) in [5.41, 5.74) is -0.110. The molecule has 0 radical (unpaired) electrons. The highest BCUT2D eigenvalue weighted by Crippen LogP contribution is 2.43. The molecule has 3 saturated heterocycles. The molecule has 172 valence electrons. The van der Waals surface area contributed by atoms with Crippen molar-refractivity contribution in [2.75, 3.05) is 26.2 Å². The van der Waals surface area contributed by atoms with Gasteiger partial charge in [0.25, 0.3) is 0 Å². The summed E-state index contributed by atoms with van der Waals surface area (Å²) in [5, 5.41) is 13.8. The number of hydrogen-bond donors (Lipinski definition) is 1. The average Bonchev–Trinajstić information content (AvgIpc) is 3.40. The predicted molar refractivity (Wildman–Crippen MR) is 127 cm³/mol. The van der Waals surface area contributed by atoms with Crippen molar-refractivity contribution in [3.63, 3.8) is 0 Å². The molecule has 0 spiro atoms. The van der Waals surface area contributed by atoms with E-state index in [0.717, 1.165) is 67.4 Å². The second kappa shape index (κ2) is 9.28. The van der Waals surface area contributed by atoms with Gasteiger partial charge in [0, 0.05) is 36.0 Å². The predicted octanol–water partition coefficient (Wildman–Crippen LogP) is 4.91. The molecule has 5 heteroatoms. The van der Waals surface area contributed by atoms with E-state index < -0.39 is 11.6 Å². The monoisotopic (exact) mass is 454 g/mol. The molecule has 4 aliphatic rings. The van der Waals surface area contributed by atoms with Crippen molar-refractivity contribution in [3.05, 3.63) is 58.3 Å². The van der Waals surface area contributed by atoms with Gasteiger partial charge in [0.05, 0.1) is 19.6 Å². The maximum Gasteiger partial charge on any atom is 0.344 e. The zero-order chi connectivity index (χ0) is 22.0. The molecule has 2 bridgehead atoms. The summed E-state index contributed by atoms with van der Waals surface area (Å²) in [4.78, 5) is 14.4. The van der Waals surface area contributed by atoms with E-state index in [9.17, 15) is 9.90 Å². The topological polar surface area (TPSA) is 46.5 Å². The summed E-state index contributed by atoms with van der Waals surface area (Å²) in [6, 6.07) is 14.5. The third-order valence-electron chi connectivity index (χ3n) is 8.42. The molecule has 2 atom stereocenters. The molecular formula is C27H36NO3S+. The van der Waals surface area contributed by atoms with E-state index in [4.69, 9.17) is 4.74 Å². The van der Waals surface area contributed by atoms with Gasteiger partial charge in [0.1, 0.15) is 6.54 Å². The standard InChI is InChI=1S/C27H36NO3S/c29-26(27(30,25-12-7-19-32-25)23-10-5-2-6-11-23)31-24-20-28(17-14-22(24)15-18-28)16-13-21-8-3-1-4-9-21/h1,3-4,7-9,12,19,22-24,30H,2,5-6,10-11,13-18,20H2/q+1/t22?,24-,27-,28?/m0/s1. The van der Waals surface area contributed by atoms with Gasteiger partial charge in [-0.2, -0.15) is 0 Å². The molecule has 1 aromatic heterocycles. The van der Waals surface area contributed by atoms with Gasteiger partial charge in [-0.15, -0.1) is 11.3 Å². The fourth-order valence-electron chi connectivity index (χ4n) is 6.39. The minimum atomic E-state index is -1.49. The molecule has 1 aromatic carbocycles. The van der Waals surface area contributed by atoms with Crippen molar-refractivity contribution < 1.29 is 19.1 Å². The van der Waals surface area contributed by atoms with Gasteiger partial charge in [-0.05, 0) is 29.9 Å². The van der Waals surface area contributed by atoms with E-state index in [1.165, 1.54) is 36.4 Å². The number of benzene rings is 1. The highest BCUT2D eigenvalue weighted by molar-refractivity contribution is 7.10. The molecule has 3 aliphatic heterocycles. The van der Waals surface area contributed by atoms with Gasteiger partial charge in [0.2, 0.25) is 0 Å². The van der Waals surface area contributed by atoms with Crippen molar-refractivity contribution in [1.82, 2.24) is 0 Å². The Labute approximate surface area is 195 Å². The van der Waals surface area contributed by atoms with Gasteiger partial charge < -0.3 is 14.3 Å². The lowest BCUT2D eigenvalue weighted by Gasteiger charge is -2.52. The SMILES string of the molecule is O=C(O[C@H]1C[N+]2(CCc3ccccc3)CCC1CC2)[C@@](O)(c1cccs1)C1CCCCC1. The van der Waals surface area contributed by atoms with Crippen LogP contribution in [0.4, 0.5) is 0 Å². The third-order valence-corrected chi connectivity index (χ3v) is 9.42. The number of carbonyl (C=O) groups is 1. The Balaban J connectivity index is 1.30. The lowest BCUT2D eigenvalue weighted by molar-refractivity contribution is -0.946. The number of hydrogen-bond acceptors (Lipinski definition) is 4. The normalized spacial score (nSPS) is 30.0. The largest absolute Gasteiger partial charge is 0.454 e. The Morgan fingerprint density at radius 2 is 1.78 bits per heavy atom. The smallest absolute Gasteiger partial charge is 0.344 e. The quantitative estimate of drug-likeness (QED) is 0.478. The fourth-order valence-corrected chi connectivity index (χ4v) is 7.28. The minimum Gasteiger partial charge on any atom is -0.454 e. The Morgan fingerprint density at radius 3 is 2.47 bits per heavy atom. The van der Waals surface area contributed by atoms with Crippen molar-refractivity contribution in [3.8, 4) is 0 Å². The molecular weight excluding hydrogens is 418 g/mol. The lowest BCUT2D eigenvalue weighted by atomic mass is 9.75. The highest BCUT2D eigenvalue weighted by atomic mass is 32.1. The average molecular weight is 455 g/mol. The van der Waals surface area contributed by atoms with Gasteiger partial charge >= 0.3 is 5.97 Å². The molecule has 4 nitrogen and oxygen atoms in total. The molecule has 1 N–H and O–H groups in total. The van der Waals surface area contributed by atoms with E-state index in [0.29, 0.717) is 5.92 Å². The number of fused-ring (bicyclic) bond motifs is 3. The van der Waals surface area contributed by atoms with Crippen LogP contribution in [-0.4, -0.2) is 47.8 Å². The van der Waals surface area contributed by atoms with E-state index in [-0.39, 0.29) is 12.0 Å². The molecule has 6 rings (SSSR count). The molecule has 1 aliphatic carbocycles. The van der Waals surface area contributed by atoms with Crippen LogP contribution in [0, 0.1) is 11.8 Å². The molecule has 4 fully saturated rings. The van der Waals surface area contributed by atoms with Crippen LogP contribution < -0.4 is 0 Å². The van der Waals surface area contributed by atoms with Crippen LogP contribution in [-0.2, 0) is 21.6 Å². The summed E-state index contributed by atoms with van der Waals surface area (Å²) in [7, 11) is 0. The van der Waals surface area contributed by atoms with Crippen LogP contribution in [0.5, 0.6) is 0 Å². The Bertz CT molecular complexity index is 885. The number of rotatable bonds is 7. The summed E-state index contributed by atoms with van der Waals surface area (Å²) < 4.78 is 7.29. The van der Waals surface area contributed by atoms with Crippen molar-refractivity contribution >= 4 is 17.3 Å². The van der Waals surface area contributed by atoms with Crippen LogP contribution in [0.25, 0.3) is 0 Å². The number of esters is 1. The van der Waals surface area contributed by atoms with E-state index in [1.807, 2.05) is 17.5 Å². The van der Waals surface area contributed by atoms with Crippen LogP contribution >= 0.6 is 11.3 Å². The van der Waals surface area contributed by atoms with Crippen molar-refractivity contribution in [2.24, 2.45) is 11.8 Å². The number of thiophene rings is 1. The van der Waals surface area contributed by atoms with Gasteiger partial charge in [-0.3, -0.25) is 0 Å². The Kier molecular flexibility index (Phi) is 6.42. The molecule has 0 amide bonds. The molecule has 1 saturated carbocycles. The summed E-state index contributed by atoms with van der Waals surface area (Å²) in [6.45, 7) is 4.36. The second-order valence-electron chi connectivity index (χ2n) is 10.3. The highest BCUT2D eigenvalue weighted by Gasteiger charge is 2.52. The maximum absolute atomic E-state index is 13.6. The number of ether oxygens (including phenoxy) is 1. The van der Waals surface area contributed by atoms with E-state index in [1.54, 1.807) is 0 Å². The number of quaternary nitrogens is 1. The van der Waals surface area contributed by atoms with Gasteiger partial charge in [-0.1, -0.05) is 55.7 Å². The number of aliphatic hydroxyl groups is 1. The van der Waals surface area contributed by atoms with Gasteiger partial charge in [-0.25, -0.2) is 4.79 Å². The molecule has 2 aromatic rings. The number of piperidine rings is 3. The fraction of sp³-hybridized carbons (Fsp3) is 0.593. The Hall–Kier alpha value is -1.69. The minimum absolute atomic E-state index is 0.0373. The maximum atomic E-state index is 13.6. The van der Waals surface area contributed by atoms with Gasteiger partial charge in [0.15, 0.2) is 11.7 Å². The zero-order valence-electron chi connectivity index (χ0n) is 19.0. The first-order chi connectivity index (χ1) is 15.6.